The third kappa shape index (κ3) is 2.55. The Morgan fingerprint density at radius 2 is 2.17 bits per heavy atom. The van der Waals surface area contributed by atoms with Crippen molar-refractivity contribution in [2.75, 3.05) is 5.32 Å². The number of nitrogens with zero attached hydrogens (tertiary/aromatic N) is 1. The van der Waals surface area contributed by atoms with Gasteiger partial charge in [0, 0.05) is 13.2 Å². The number of aryl methyl sites for hydroxylation is 1. The van der Waals surface area contributed by atoms with E-state index < -0.39 is 5.97 Å². The Labute approximate surface area is 112 Å². The fraction of sp³-hybridized carbons (Fsp3) is 0.0909. The largest absolute Gasteiger partial charge is 0.477 e. The molecule has 0 saturated heterocycles. The number of rotatable bonds is 3. The number of carboxylic acid groups (broad SMARTS) is 1. The fourth-order valence-corrected chi connectivity index (χ4v) is 2.44. The number of nitrogens with one attached hydrogen (secondary N) is 1. The van der Waals surface area contributed by atoms with E-state index in [1.165, 1.54) is 6.07 Å². The average Bonchev–Trinajstić information content (AvgIpc) is 2.85. The van der Waals surface area contributed by atoms with Gasteiger partial charge in [0.2, 0.25) is 0 Å². The molecule has 0 spiro atoms. The van der Waals surface area contributed by atoms with E-state index in [1.807, 2.05) is 0 Å². The first-order chi connectivity index (χ1) is 8.47. The first kappa shape index (κ1) is 12.7. The van der Waals surface area contributed by atoms with Crippen LogP contribution in [0.5, 0.6) is 0 Å². The van der Waals surface area contributed by atoms with Gasteiger partial charge in [0.25, 0.3) is 5.91 Å². The van der Waals surface area contributed by atoms with Crippen LogP contribution in [0.3, 0.4) is 0 Å². The summed E-state index contributed by atoms with van der Waals surface area (Å²) < 4.78 is 1.60. The van der Waals surface area contributed by atoms with Crippen molar-refractivity contribution in [1.82, 2.24) is 4.57 Å². The van der Waals surface area contributed by atoms with Crippen molar-refractivity contribution in [2.45, 2.75) is 0 Å². The molecule has 0 aliphatic carbocycles. The summed E-state index contributed by atoms with van der Waals surface area (Å²) in [6, 6.07) is 4.54. The summed E-state index contributed by atoms with van der Waals surface area (Å²) in [7, 11) is 1.71. The standard InChI is InChI=1S/C11H9ClN2O3S/c1-14-5-6(12)4-7(14)10(15)13-9-3-2-8(18-9)11(16)17/h2-5H,1H3,(H,13,15)(H,16,17). The normalized spacial score (nSPS) is 10.3. The van der Waals surface area contributed by atoms with Crippen LogP contribution in [0.2, 0.25) is 5.02 Å². The van der Waals surface area contributed by atoms with Crippen LogP contribution in [-0.2, 0) is 7.05 Å². The monoisotopic (exact) mass is 284 g/mol. The van der Waals surface area contributed by atoms with E-state index in [0.717, 1.165) is 11.3 Å². The number of aromatic nitrogens is 1. The molecule has 0 saturated carbocycles. The van der Waals surface area contributed by atoms with E-state index in [4.69, 9.17) is 16.7 Å². The Kier molecular flexibility index (Phi) is 3.40. The molecule has 7 heteroatoms. The highest BCUT2D eigenvalue weighted by molar-refractivity contribution is 7.18. The number of carboxylic acids is 1. The lowest BCUT2D eigenvalue weighted by Crippen LogP contribution is -2.14. The smallest absolute Gasteiger partial charge is 0.345 e. The van der Waals surface area contributed by atoms with Gasteiger partial charge in [0.05, 0.1) is 10.0 Å². The fourth-order valence-electron chi connectivity index (χ4n) is 1.45. The zero-order valence-corrected chi connectivity index (χ0v) is 10.9. The van der Waals surface area contributed by atoms with Crippen LogP contribution in [0.4, 0.5) is 5.00 Å². The second-order valence-electron chi connectivity index (χ2n) is 3.58. The van der Waals surface area contributed by atoms with Crippen molar-refractivity contribution in [3.63, 3.8) is 0 Å². The van der Waals surface area contributed by atoms with Gasteiger partial charge in [0.1, 0.15) is 10.6 Å². The maximum atomic E-state index is 11.9. The molecule has 0 bridgehead atoms. The number of thiophene rings is 1. The van der Waals surface area contributed by atoms with Crippen LogP contribution in [0.1, 0.15) is 20.2 Å². The van der Waals surface area contributed by atoms with Crippen molar-refractivity contribution in [2.24, 2.45) is 7.05 Å². The van der Waals surface area contributed by atoms with Gasteiger partial charge in [-0.1, -0.05) is 11.6 Å². The molecule has 1 amide bonds. The number of hydrogen-bond acceptors (Lipinski definition) is 3. The molecule has 0 aliphatic rings. The maximum absolute atomic E-state index is 11.9. The van der Waals surface area contributed by atoms with Gasteiger partial charge in [0.15, 0.2) is 0 Å². The Morgan fingerprint density at radius 1 is 1.44 bits per heavy atom. The Bertz CT molecular complexity index is 618. The molecular formula is C11H9ClN2O3S. The number of halogens is 1. The number of carbonyl (C=O) groups is 2. The van der Waals surface area contributed by atoms with Crippen molar-refractivity contribution in [3.8, 4) is 0 Å². The predicted molar refractivity (Wildman–Crippen MR) is 69.7 cm³/mol. The lowest BCUT2D eigenvalue weighted by molar-refractivity contribution is 0.0702. The van der Waals surface area contributed by atoms with Gasteiger partial charge in [-0.2, -0.15) is 0 Å². The molecule has 0 radical (unpaired) electrons. The van der Waals surface area contributed by atoms with Gasteiger partial charge in [-0.25, -0.2) is 4.79 Å². The van der Waals surface area contributed by atoms with Crippen molar-refractivity contribution >= 4 is 39.8 Å². The minimum absolute atomic E-state index is 0.176. The predicted octanol–water partition coefficient (Wildman–Crippen LogP) is 2.69. The number of anilines is 1. The van der Waals surface area contributed by atoms with E-state index >= 15 is 0 Å². The lowest BCUT2D eigenvalue weighted by atomic mass is 10.4. The SMILES string of the molecule is Cn1cc(Cl)cc1C(=O)Nc1ccc(C(=O)O)s1. The molecule has 0 unspecified atom stereocenters. The summed E-state index contributed by atoms with van der Waals surface area (Å²) in [5, 5.41) is 12.4. The average molecular weight is 285 g/mol. The maximum Gasteiger partial charge on any atom is 0.345 e. The highest BCUT2D eigenvalue weighted by Crippen LogP contribution is 2.23. The van der Waals surface area contributed by atoms with Gasteiger partial charge >= 0.3 is 5.97 Å². The Balaban J connectivity index is 2.16. The molecule has 5 nitrogen and oxygen atoms in total. The molecule has 0 atom stereocenters. The van der Waals surface area contributed by atoms with Gasteiger partial charge in [-0.3, -0.25) is 4.79 Å². The third-order valence-electron chi connectivity index (χ3n) is 2.26. The zero-order valence-electron chi connectivity index (χ0n) is 9.31. The first-order valence-corrected chi connectivity index (χ1v) is 6.13. The van der Waals surface area contributed by atoms with Crippen molar-refractivity contribution < 1.29 is 14.7 Å². The van der Waals surface area contributed by atoms with Gasteiger partial charge in [-0.15, -0.1) is 11.3 Å². The molecule has 2 rings (SSSR count). The molecule has 18 heavy (non-hydrogen) atoms. The molecule has 2 N–H and O–H groups in total. The van der Waals surface area contributed by atoms with E-state index in [0.29, 0.717) is 15.7 Å². The van der Waals surface area contributed by atoms with Crippen LogP contribution < -0.4 is 5.32 Å². The second kappa shape index (κ2) is 4.83. The second-order valence-corrected chi connectivity index (χ2v) is 5.10. The highest BCUT2D eigenvalue weighted by Gasteiger charge is 2.13. The molecular weight excluding hydrogens is 276 g/mol. The lowest BCUT2D eigenvalue weighted by Gasteiger charge is -2.02. The summed E-state index contributed by atoms with van der Waals surface area (Å²) >= 11 is 6.79. The Morgan fingerprint density at radius 3 is 2.67 bits per heavy atom. The highest BCUT2D eigenvalue weighted by atomic mass is 35.5. The minimum Gasteiger partial charge on any atom is -0.477 e. The number of amides is 1. The van der Waals surface area contributed by atoms with E-state index in [1.54, 1.807) is 29.9 Å². The van der Waals surface area contributed by atoms with Crippen LogP contribution in [0.25, 0.3) is 0 Å². The zero-order chi connectivity index (χ0) is 13.3. The first-order valence-electron chi connectivity index (χ1n) is 4.93. The van der Waals surface area contributed by atoms with E-state index in [2.05, 4.69) is 5.32 Å². The van der Waals surface area contributed by atoms with Crippen LogP contribution in [0, 0.1) is 0 Å². The summed E-state index contributed by atoms with van der Waals surface area (Å²) in [6.45, 7) is 0. The molecule has 0 aromatic carbocycles. The topological polar surface area (TPSA) is 71.3 Å². The summed E-state index contributed by atoms with van der Waals surface area (Å²) in [6.07, 6.45) is 1.62. The van der Waals surface area contributed by atoms with Crippen LogP contribution in [0.15, 0.2) is 24.4 Å². The molecule has 0 fully saturated rings. The summed E-state index contributed by atoms with van der Waals surface area (Å²) in [5.41, 5.74) is 0.408. The quantitative estimate of drug-likeness (QED) is 0.910. The molecule has 2 aromatic rings. The van der Waals surface area contributed by atoms with Crippen molar-refractivity contribution in [3.05, 3.63) is 40.0 Å². The molecule has 94 valence electrons. The van der Waals surface area contributed by atoms with Crippen LogP contribution >= 0.6 is 22.9 Å². The van der Waals surface area contributed by atoms with Gasteiger partial charge < -0.3 is 15.0 Å². The molecule has 2 aromatic heterocycles. The number of hydrogen-bond donors (Lipinski definition) is 2. The number of aromatic carboxylic acids is 1. The third-order valence-corrected chi connectivity index (χ3v) is 3.45. The summed E-state index contributed by atoms with van der Waals surface area (Å²) in [5.74, 6) is -1.34. The minimum atomic E-state index is -1.01. The molecule has 0 aliphatic heterocycles. The summed E-state index contributed by atoms with van der Waals surface area (Å²) in [4.78, 5) is 22.8. The number of carbonyl (C=O) groups excluding carboxylic acids is 1. The van der Waals surface area contributed by atoms with Gasteiger partial charge in [-0.05, 0) is 18.2 Å². The van der Waals surface area contributed by atoms with Crippen molar-refractivity contribution in [1.29, 1.82) is 0 Å². The Hall–Kier alpha value is -1.79. The molecule has 2 heterocycles. The van der Waals surface area contributed by atoms with E-state index in [9.17, 15) is 9.59 Å². The van der Waals surface area contributed by atoms with E-state index in [-0.39, 0.29) is 10.8 Å². The van der Waals surface area contributed by atoms with Crippen LogP contribution in [-0.4, -0.2) is 21.6 Å².